The molecular formula is C15H23N5O. The maximum atomic E-state index is 12.1. The first kappa shape index (κ1) is 15.2. The van der Waals surface area contributed by atoms with Gasteiger partial charge in [-0.1, -0.05) is 0 Å². The first-order valence-corrected chi connectivity index (χ1v) is 7.40. The lowest BCUT2D eigenvalue weighted by Crippen LogP contribution is -2.42. The lowest BCUT2D eigenvalue weighted by Gasteiger charge is -2.21. The zero-order valence-electron chi connectivity index (χ0n) is 12.5. The van der Waals surface area contributed by atoms with E-state index < -0.39 is 0 Å². The largest absolute Gasteiger partial charge is 0.354 e. The number of amides is 2. The van der Waals surface area contributed by atoms with Crippen LogP contribution in [0.2, 0.25) is 0 Å². The quantitative estimate of drug-likeness (QED) is 0.754. The van der Waals surface area contributed by atoms with Gasteiger partial charge in [0, 0.05) is 51.0 Å². The normalized spacial score (nSPS) is 10.5. The summed E-state index contributed by atoms with van der Waals surface area (Å²) in [4.78, 5) is 13.9. The zero-order chi connectivity index (χ0) is 14.9. The van der Waals surface area contributed by atoms with Gasteiger partial charge in [-0.3, -0.25) is 4.68 Å². The smallest absolute Gasteiger partial charge is 0.317 e. The Labute approximate surface area is 125 Å². The van der Waals surface area contributed by atoms with Gasteiger partial charge in [0.15, 0.2) is 0 Å². The number of nitrogens with zero attached hydrogens (tertiary/aromatic N) is 4. The zero-order valence-corrected chi connectivity index (χ0v) is 12.5. The van der Waals surface area contributed by atoms with E-state index in [1.807, 2.05) is 48.4 Å². The molecule has 21 heavy (non-hydrogen) atoms. The van der Waals surface area contributed by atoms with Gasteiger partial charge in [0.05, 0.1) is 6.54 Å². The number of urea groups is 1. The number of likely N-dealkylation sites (N-methyl/N-ethyl adjacent to an activating group) is 1. The van der Waals surface area contributed by atoms with E-state index in [2.05, 4.69) is 15.0 Å². The van der Waals surface area contributed by atoms with Gasteiger partial charge in [0.1, 0.15) is 0 Å². The number of aromatic nitrogens is 3. The van der Waals surface area contributed by atoms with Crippen molar-refractivity contribution in [3.63, 3.8) is 0 Å². The Hall–Kier alpha value is -2.24. The van der Waals surface area contributed by atoms with Crippen LogP contribution in [0.5, 0.6) is 0 Å². The van der Waals surface area contributed by atoms with Crippen LogP contribution < -0.4 is 5.32 Å². The molecule has 2 aromatic heterocycles. The van der Waals surface area contributed by atoms with Crippen molar-refractivity contribution in [1.29, 1.82) is 0 Å². The Morgan fingerprint density at radius 1 is 1.19 bits per heavy atom. The van der Waals surface area contributed by atoms with E-state index in [0.717, 1.165) is 19.5 Å². The predicted octanol–water partition coefficient (Wildman–Crippen LogP) is 1.81. The molecule has 0 aliphatic rings. The fourth-order valence-electron chi connectivity index (χ4n) is 2.15. The highest BCUT2D eigenvalue weighted by atomic mass is 16.2. The molecule has 0 aliphatic carbocycles. The van der Waals surface area contributed by atoms with Crippen molar-refractivity contribution >= 4 is 6.03 Å². The molecule has 0 atom stereocenters. The molecule has 2 aromatic rings. The molecule has 0 saturated heterocycles. The maximum absolute atomic E-state index is 12.1. The van der Waals surface area contributed by atoms with Gasteiger partial charge in [0.25, 0.3) is 0 Å². The minimum absolute atomic E-state index is 0.00263. The molecular weight excluding hydrogens is 266 g/mol. The first-order valence-electron chi connectivity index (χ1n) is 7.40. The Kier molecular flexibility index (Phi) is 5.87. The van der Waals surface area contributed by atoms with E-state index in [9.17, 15) is 4.79 Å². The average molecular weight is 289 g/mol. The van der Waals surface area contributed by atoms with Crippen molar-refractivity contribution < 1.29 is 4.79 Å². The number of rotatable bonds is 8. The molecule has 0 saturated carbocycles. The van der Waals surface area contributed by atoms with Crippen molar-refractivity contribution in [2.45, 2.75) is 26.4 Å². The van der Waals surface area contributed by atoms with Crippen molar-refractivity contribution in [2.24, 2.45) is 0 Å². The topological polar surface area (TPSA) is 55.1 Å². The number of hydrogen-bond donors (Lipinski definition) is 1. The number of carbonyl (C=O) groups excluding carboxylic acids is 1. The molecule has 0 unspecified atom stereocenters. The molecule has 2 amide bonds. The molecule has 1 N–H and O–H groups in total. The van der Waals surface area contributed by atoms with E-state index in [0.29, 0.717) is 19.6 Å². The number of hydrogen-bond acceptors (Lipinski definition) is 2. The Morgan fingerprint density at radius 2 is 2.00 bits per heavy atom. The van der Waals surface area contributed by atoms with E-state index in [-0.39, 0.29) is 6.03 Å². The van der Waals surface area contributed by atoms with Crippen LogP contribution in [0.3, 0.4) is 0 Å². The van der Waals surface area contributed by atoms with Gasteiger partial charge in [0.2, 0.25) is 0 Å². The molecule has 0 aromatic carbocycles. The first-order chi connectivity index (χ1) is 10.3. The molecule has 0 bridgehead atoms. The molecule has 2 heterocycles. The SMILES string of the molecule is CCN(CCn1cccn1)C(=O)NCCCn1cccc1. The van der Waals surface area contributed by atoms with Gasteiger partial charge < -0.3 is 14.8 Å². The second-order valence-electron chi connectivity index (χ2n) is 4.86. The summed E-state index contributed by atoms with van der Waals surface area (Å²) in [6.45, 7) is 5.69. The third kappa shape index (κ3) is 4.98. The van der Waals surface area contributed by atoms with E-state index >= 15 is 0 Å². The molecule has 0 aliphatic heterocycles. The fraction of sp³-hybridized carbons (Fsp3) is 0.467. The summed E-state index contributed by atoms with van der Waals surface area (Å²) in [5.41, 5.74) is 0. The van der Waals surface area contributed by atoms with Crippen molar-refractivity contribution in [3.8, 4) is 0 Å². The van der Waals surface area contributed by atoms with Gasteiger partial charge in [-0.15, -0.1) is 0 Å². The molecule has 0 fully saturated rings. The van der Waals surface area contributed by atoms with Crippen LogP contribution in [-0.2, 0) is 13.1 Å². The van der Waals surface area contributed by atoms with E-state index in [1.165, 1.54) is 0 Å². The van der Waals surface area contributed by atoms with Gasteiger partial charge in [-0.05, 0) is 31.5 Å². The van der Waals surface area contributed by atoms with Crippen LogP contribution in [0.25, 0.3) is 0 Å². The Balaban J connectivity index is 1.65. The van der Waals surface area contributed by atoms with Gasteiger partial charge >= 0.3 is 6.03 Å². The van der Waals surface area contributed by atoms with Crippen LogP contribution in [0.15, 0.2) is 43.0 Å². The van der Waals surface area contributed by atoms with Gasteiger partial charge in [-0.2, -0.15) is 5.10 Å². The van der Waals surface area contributed by atoms with Crippen LogP contribution in [0, 0.1) is 0 Å². The van der Waals surface area contributed by atoms with Crippen LogP contribution in [-0.4, -0.2) is 44.9 Å². The van der Waals surface area contributed by atoms with Crippen molar-refractivity contribution in [3.05, 3.63) is 43.0 Å². The highest BCUT2D eigenvalue weighted by molar-refractivity contribution is 5.74. The molecule has 114 valence electrons. The summed E-state index contributed by atoms with van der Waals surface area (Å²) in [7, 11) is 0. The van der Waals surface area contributed by atoms with Crippen molar-refractivity contribution in [2.75, 3.05) is 19.6 Å². The third-order valence-corrected chi connectivity index (χ3v) is 3.36. The second-order valence-corrected chi connectivity index (χ2v) is 4.86. The van der Waals surface area contributed by atoms with Crippen molar-refractivity contribution in [1.82, 2.24) is 24.6 Å². The van der Waals surface area contributed by atoms with E-state index in [1.54, 1.807) is 11.1 Å². The van der Waals surface area contributed by atoms with Crippen LogP contribution in [0.4, 0.5) is 4.79 Å². The Bertz CT molecular complexity index is 506. The summed E-state index contributed by atoms with van der Waals surface area (Å²) in [6, 6.07) is 5.90. The summed E-state index contributed by atoms with van der Waals surface area (Å²) in [6.07, 6.45) is 8.64. The summed E-state index contributed by atoms with van der Waals surface area (Å²) in [5.74, 6) is 0. The lowest BCUT2D eigenvalue weighted by molar-refractivity contribution is 0.197. The molecule has 2 rings (SSSR count). The summed E-state index contributed by atoms with van der Waals surface area (Å²) in [5, 5.41) is 7.11. The molecule has 0 radical (unpaired) electrons. The summed E-state index contributed by atoms with van der Waals surface area (Å²) < 4.78 is 3.95. The average Bonchev–Trinajstić information content (AvgIpc) is 3.17. The van der Waals surface area contributed by atoms with E-state index in [4.69, 9.17) is 0 Å². The summed E-state index contributed by atoms with van der Waals surface area (Å²) >= 11 is 0. The number of aryl methyl sites for hydroxylation is 1. The number of nitrogens with one attached hydrogen (secondary N) is 1. The molecule has 0 spiro atoms. The minimum atomic E-state index is -0.00263. The maximum Gasteiger partial charge on any atom is 0.317 e. The fourth-order valence-corrected chi connectivity index (χ4v) is 2.15. The monoisotopic (exact) mass is 289 g/mol. The highest BCUT2D eigenvalue weighted by Gasteiger charge is 2.10. The van der Waals surface area contributed by atoms with Crippen LogP contribution >= 0.6 is 0 Å². The minimum Gasteiger partial charge on any atom is -0.354 e. The Morgan fingerprint density at radius 3 is 2.67 bits per heavy atom. The molecule has 6 heteroatoms. The molecule has 6 nitrogen and oxygen atoms in total. The highest BCUT2D eigenvalue weighted by Crippen LogP contribution is 1.95. The third-order valence-electron chi connectivity index (χ3n) is 3.36. The van der Waals surface area contributed by atoms with Crippen LogP contribution in [0.1, 0.15) is 13.3 Å². The lowest BCUT2D eigenvalue weighted by atomic mass is 10.4. The number of carbonyl (C=O) groups is 1. The standard InChI is InChI=1S/C15H23N5O/c1-2-19(13-14-20-12-6-8-17-20)15(21)16-7-5-11-18-9-3-4-10-18/h3-4,6,8-10,12H,2,5,7,11,13-14H2,1H3,(H,16,21). The van der Waals surface area contributed by atoms with Gasteiger partial charge in [-0.25, -0.2) is 4.79 Å². The second kappa shape index (κ2) is 8.14. The predicted molar refractivity (Wildman–Crippen MR) is 81.9 cm³/mol.